The number of hydrogen-bond acceptors (Lipinski definition) is 3. The van der Waals surface area contributed by atoms with Crippen LogP contribution in [0.2, 0.25) is 0 Å². The van der Waals surface area contributed by atoms with E-state index in [1.165, 1.54) is 16.7 Å². The normalized spacial score (nSPS) is 12.1. The maximum Gasteiger partial charge on any atom is 0.134 e. The molecule has 0 amide bonds. The Morgan fingerprint density at radius 3 is 1.41 bits per heavy atom. The van der Waals surface area contributed by atoms with Gasteiger partial charge in [-0.25, -0.2) is 0 Å². The molecular weight excluding hydrogens is 356 g/mol. The zero-order chi connectivity index (χ0) is 21.4. The molecule has 0 bridgehead atoms. The van der Waals surface area contributed by atoms with Crippen molar-refractivity contribution >= 4 is 11.4 Å². The molecule has 0 radical (unpaired) electrons. The van der Waals surface area contributed by atoms with Crippen molar-refractivity contribution in [3.8, 4) is 22.6 Å². The molecule has 3 aromatic rings. The van der Waals surface area contributed by atoms with E-state index in [1.54, 1.807) is 0 Å². The maximum atomic E-state index is 6.48. The summed E-state index contributed by atoms with van der Waals surface area (Å²) in [5.41, 5.74) is 17.7. The molecular formula is C26H32N2O. The summed E-state index contributed by atoms with van der Waals surface area (Å²) in [7, 11) is 0. The average molecular weight is 389 g/mol. The van der Waals surface area contributed by atoms with Crippen LogP contribution in [0.3, 0.4) is 0 Å². The van der Waals surface area contributed by atoms with Gasteiger partial charge in [-0.1, -0.05) is 53.7 Å². The minimum Gasteiger partial charge on any atom is -0.457 e. The highest BCUT2D eigenvalue weighted by molar-refractivity contribution is 5.70. The standard InChI is InChI=1S/C26H32N2O/c1-25(2,3)22-15-18(17-7-9-19(27)10-8-17)16-23(26(4,5)6)24(22)29-21-13-11-20(28)12-14-21/h7-16H,27-28H2,1-6H3. The second kappa shape index (κ2) is 7.47. The monoisotopic (exact) mass is 388 g/mol. The lowest BCUT2D eigenvalue weighted by Crippen LogP contribution is -2.19. The highest BCUT2D eigenvalue weighted by atomic mass is 16.5. The van der Waals surface area contributed by atoms with Crippen molar-refractivity contribution in [1.82, 2.24) is 0 Å². The van der Waals surface area contributed by atoms with Gasteiger partial charge in [0.25, 0.3) is 0 Å². The Morgan fingerprint density at radius 2 is 1.00 bits per heavy atom. The van der Waals surface area contributed by atoms with Gasteiger partial charge in [0, 0.05) is 22.5 Å². The molecule has 3 aromatic carbocycles. The van der Waals surface area contributed by atoms with Gasteiger partial charge in [0.1, 0.15) is 11.5 Å². The lowest BCUT2D eigenvalue weighted by atomic mass is 9.77. The molecule has 0 saturated heterocycles. The Hall–Kier alpha value is -2.94. The lowest BCUT2D eigenvalue weighted by molar-refractivity contribution is 0.433. The maximum absolute atomic E-state index is 6.48. The third kappa shape index (κ3) is 4.73. The number of nitrogens with two attached hydrogens (primary N) is 2. The summed E-state index contributed by atoms with van der Waals surface area (Å²) in [6.07, 6.45) is 0. The van der Waals surface area contributed by atoms with Crippen molar-refractivity contribution in [1.29, 1.82) is 0 Å². The zero-order valence-electron chi connectivity index (χ0n) is 18.3. The highest BCUT2D eigenvalue weighted by Gasteiger charge is 2.28. The zero-order valence-corrected chi connectivity index (χ0v) is 18.3. The van der Waals surface area contributed by atoms with Crippen LogP contribution in [0.4, 0.5) is 11.4 Å². The molecule has 0 saturated carbocycles. The van der Waals surface area contributed by atoms with Gasteiger partial charge in [-0.05, 0) is 70.5 Å². The Balaban J connectivity index is 2.24. The summed E-state index contributed by atoms with van der Waals surface area (Å²) in [6, 6.07) is 20.1. The SMILES string of the molecule is CC(C)(C)c1cc(-c2ccc(N)cc2)cc(C(C)(C)C)c1Oc1ccc(N)cc1. The lowest BCUT2D eigenvalue weighted by Gasteiger charge is -2.30. The van der Waals surface area contributed by atoms with Crippen LogP contribution in [0.5, 0.6) is 11.5 Å². The van der Waals surface area contributed by atoms with E-state index in [9.17, 15) is 0 Å². The van der Waals surface area contributed by atoms with Crippen molar-refractivity contribution < 1.29 is 4.74 Å². The first kappa shape index (κ1) is 20.8. The Bertz CT molecular complexity index is 954. The molecule has 0 spiro atoms. The van der Waals surface area contributed by atoms with Gasteiger partial charge in [-0.15, -0.1) is 0 Å². The molecule has 3 rings (SSSR count). The summed E-state index contributed by atoms with van der Waals surface area (Å²) in [6.45, 7) is 13.3. The fourth-order valence-electron chi connectivity index (χ4n) is 3.35. The molecule has 3 nitrogen and oxygen atoms in total. The molecule has 152 valence electrons. The smallest absolute Gasteiger partial charge is 0.134 e. The van der Waals surface area contributed by atoms with Crippen LogP contribution >= 0.6 is 0 Å². The molecule has 0 aliphatic rings. The van der Waals surface area contributed by atoms with E-state index < -0.39 is 0 Å². The average Bonchev–Trinajstić information content (AvgIpc) is 2.62. The van der Waals surface area contributed by atoms with Gasteiger partial charge < -0.3 is 16.2 Å². The third-order valence-electron chi connectivity index (χ3n) is 5.05. The van der Waals surface area contributed by atoms with Crippen molar-refractivity contribution in [2.24, 2.45) is 0 Å². The van der Waals surface area contributed by atoms with Gasteiger partial charge in [0.15, 0.2) is 0 Å². The van der Waals surface area contributed by atoms with Gasteiger partial charge in [-0.2, -0.15) is 0 Å². The minimum atomic E-state index is -0.0903. The van der Waals surface area contributed by atoms with E-state index in [0.29, 0.717) is 0 Å². The van der Waals surface area contributed by atoms with Gasteiger partial charge in [0.05, 0.1) is 0 Å². The molecule has 0 atom stereocenters. The van der Waals surface area contributed by atoms with Crippen molar-refractivity contribution in [2.75, 3.05) is 11.5 Å². The van der Waals surface area contributed by atoms with E-state index in [-0.39, 0.29) is 10.8 Å². The Kier molecular flexibility index (Phi) is 5.36. The molecule has 0 unspecified atom stereocenters. The van der Waals surface area contributed by atoms with Crippen LogP contribution in [0.15, 0.2) is 60.7 Å². The molecule has 0 heterocycles. The third-order valence-corrected chi connectivity index (χ3v) is 5.05. The van der Waals surface area contributed by atoms with E-state index in [1.807, 2.05) is 36.4 Å². The summed E-state index contributed by atoms with van der Waals surface area (Å²) < 4.78 is 6.48. The molecule has 0 aliphatic carbocycles. The van der Waals surface area contributed by atoms with E-state index in [4.69, 9.17) is 16.2 Å². The van der Waals surface area contributed by atoms with E-state index >= 15 is 0 Å². The molecule has 0 aromatic heterocycles. The predicted octanol–water partition coefficient (Wildman–Crippen LogP) is 6.91. The first-order valence-electron chi connectivity index (χ1n) is 10.0. The molecule has 3 heteroatoms. The number of rotatable bonds is 3. The van der Waals surface area contributed by atoms with Crippen LogP contribution in [0.25, 0.3) is 11.1 Å². The summed E-state index contributed by atoms with van der Waals surface area (Å²) in [5, 5.41) is 0. The summed E-state index contributed by atoms with van der Waals surface area (Å²) in [4.78, 5) is 0. The fourth-order valence-corrected chi connectivity index (χ4v) is 3.35. The minimum absolute atomic E-state index is 0.0903. The predicted molar refractivity (Wildman–Crippen MR) is 125 cm³/mol. The number of ether oxygens (including phenoxy) is 1. The molecule has 0 fully saturated rings. The van der Waals surface area contributed by atoms with Crippen molar-refractivity contribution in [2.45, 2.75) is 52.4 Å². The van der Waals surface area contributed by atoms with Crippen LogP contribution in [-0.2, 0) is 10.8 Å². The van der Waals surface area contributed by atoms with E-state index in [0.717, 1.165) is 28.4 Å². The van der Waals surface area contributed by atoms with E-state index in [2.05, 4.69) is 65.8 Å². The quantitative estimate of drug-likeness (QED) is 0.479. The van der Waals surface area contributed by atoms with Crippen molar-refractivity contribution in [3.05, 3.63) is 71.8 Å². The second-order valence-corrected chi connectivity index (χ2v) is 9.69. The number of benzene rings is 3. The van der Waals surface area contributed by atoms with Gasteiger partial charge >= 0.3 is 0 Å². The number of hydrogen-bond donors (Lipinski definition) is 2. The molecule has 29 heavy (non-hydrogen) atoms. The Labute approximate surface area is 174 Å². The van der Waals surface area contributed by atoms with Crippen LogP contribution in [0.1, 0.15) is 52.7 Å². The van der Waals surface area contributed by atoms with Crippen LogP contribution < -0.4 is 16.2 Å². The van der Waals surface area contributed by atoms with Crippen LogP contribution in [-0.4, -0.2) is 0 Å². The van der Waals surface area contributed by atoms with Crippen LogP contribution in [0, 0.1) is 0 Å². The molecule has 4 N–H and O–H groups in total. The summed E-state index contributed by atoms with van der Waals surface area (Å²) >= 11 is 0. The fraction of sp³-hybridized carbons (Fsp3) is 0.308. The number of anilines is 2. The first-order chi connectivity index (χ1) is 13.4. The Morgan fingerprint density at radius 1 is 0.586 bits per heavy atom. The first-order valence-corrected chi connectivity index (χ1v) is 10.0. The van der Waals surface area contributed by atoms with Crippen molar-refractivity contribution in [3.63, 3.8) is 0 Å². The second-order valence-electron chi connectivity index (χ2n) is 9.69. The topological polar surface area (TPSA) is 61.3 Å². The van der Waals surface area contributed by atoms with Gasteiger partial charge in [-0.3, -0.25) is 0 Å². The number of nitrogen functional groups attached to an aromatic ring is 2. The molecule has 0 aliphatic heterocycles. The largest absolute Gasteiger partial charge is 0.457 e. The van der Waals surface area contributed by atoms with Gasteiger partial charge in [0.2, 0.25) is 0 Å². The highest BCUT2D eigenvalue weighted by Crippen LogP contribution is 2.44. The summed E-state index contributed by atoms with van der Waals surface area (Å²) in [5.74, 6) is 1.71.